The van der Waals surface area contributed by atoms with Crippen LogP contribution in [0.25, 0.3) is 45.8 Å². The molecule has 1 N–H and O–H groups in total. The van der Waals surface area contributed by atoms with Crippen molar-refractivity contribution in [3.8, 4) is 0 Å². The maximum absolute atomic E-state index is 5.50. The van der Waals surface area contributed by atoms with E-state index in [9.17, 15) is 0 Å². The Morgan fingerprint density at radius 1 is 0.755 bits per heavy atom. The highest BCUT2D eigenvalue weighted by molar-refractivity contribution is 5.91. The number of benzene rings is 5. The first-order chi connectivity index (χ1) is 26.0. The molecular formula is C51H50N2. The molecular weight excluding hydrogens is 641 g/mol. The average Bonchev–Trinajstić information content (AvgIpc) is 3.22. The molecule has 0 radical (unpaired) electrons. The Morgan fingerprint density at radius 3 is 2.04 bits per heavy atom. The van der Waals surface area contributed by atoms with E-state index in [0.717, 1.165) is 40.5 Å². The number of fused-ring (bicyclic) bond motifs is 1. The van der Waals surface area contributed by atoms with Gasteiger partial charge in [0.15, 0.2) is 0 Å². The quantitative estimate of drug-likeness (QED) is 0.0908. The highest BCUT2D eigenvalue weighted by Gasteiger charge is 2.07. The van der Waals surface area contributed by atoms with Gasteiger partial charge in [-0.25, -0.2) is 0 Å². The van der Waals surface area contributed by atoms with Gasteiger partial charge in [0.05, 0.1) is 5.70 Å². The normalized spacial score (nSPS) is 13.8. The van der Waals surface area contributed by atoms with Crippen LogP contribution in [0.5, 0.6) is 0 Å². The fraction of sp³-hybridized carbons (Fsp3) is 0.0980. The van der Waals surface area contributed by atoms with Crippen molar-refractivity contribution in [3.63, 3.8) is 0 Å². The summed E-state index contributed by atoms with van der Waals surface area (Å²) in [6.07, 6.45) is 25.3. The van der Waals surface area contributed by atoms with Gasteiger partial charge in [-0.05, 0) is 107 Å². The van der Waals surface area contributed by atoms with Crippen LogP contribution in [0.2, 0.25) is 0 Å². The predicted molar refractivity (Wildman–Crippen MR) is 237 cm³/mol. The second-order valence-corrected chi connectivity index (χ2v) is 12.5. The summed E-state index contributed by atoms with van der Waals surface area (Å²) >= 11 is 0. The Hall–Kier alpha value is -6.38. The largest absolute Gasteiger partial charge is 0.317 e. The van der Waals surface area contributed by atoms with Crippen LogP contribution in [0.1, 0.15) is 55.0 Å². The molecule has 0 atom stereocenters. The highest BCUT2D eigenvalue weighted by atomic mass is 14.7. The van der Waals surface area contributed by atoms with Gasteiger partial charge in [0, 0.05) is 5.56 Å². The van der Waals surface area contributed by atoms with E-state index in [4.69, 9.17) is 5.41 Å². The van der Waals surface area contributed by atoms with Gasteiger partial charge in [0.1, 0.15) is 0 Å². The van der Waals surface area contributed by atoms with Crippen LogP contribution in [0.15, 0.2) is 181 Å². The Morgan fingerprint density at radius 2 is 1.40 bits per heavy atom. The first-order valence-electron chi connectivity index (χ1n) is 18.0. The lowest BCUT2D eigenvalue weighted by molar-refractivity contribution is 1.13. The fourth-order valence-electron chi connectivity index (χ4n) is 5.93. The minimum Gasteiger partial charge on any atom is -0.317 e. The Kier molecular flexibility index (Phi) is 15.7. The van der Waals surface area contributed by atoms with Gasteiger partial charge in [-0.3, -0.25) is 4.99 Å². The second-order valence-electron chi connectivity index (χ2n) is 12.5. The topological polar surface area (TPSA) is 36.2 Å². The van der Waals surface area contributed by atoms with Crippen molar-refractivity contribution in [2.24, 2.45) is 4.99 Å². The summed E-state index contributed by atoms with van der Waals surface area (Å²) in [7, 11) is 0. The third-order valence-electron chi connectivity index (χ3n) is 8.86. The monoisotopic (exact) mass is 690 g/mol. The van der Waals surface area contributed by atoms with Crippen LogP contribution in [0.4, 0.5) is 0 Å². The summed E-state index contributed by atoms with van der Waals surface area (Å²) in [5.74, 6) is 0. The average molecular weight is 691 g/mol. The zero-order valence-electron chi connectivity index (χ0n) is 31.3. The highest BCUT2D eigenvalue weighted by Crippen LogP contribution is 2.28. The van der Waals surface area contributed by atoms with Crippen LogP contribution < -0.4 is 10.4 Å². The molecule has 5 aromatic carbocycles. The molecule has 1 aliphatic carbocycles. The molecule has 2 nitrogen and oxygen atoms in total. The molecule has 0 bridgehead atoms. The molecule has 0 saturated heterocycles. The molecule has 0 saturated carbocycles. The van der Waals surface area contributed by atoms with Gasteiger partial charge < -0.3 is 5.41 Å². The van der Waals surface area contributed by atoms with Gasteiger partial charge >= 0.3 is 0 Å². The molecule has 0 fully saturated rings. The van der Waals surface area contributed by atoms with Crippen molar-refractivity contribution in [3.05, 3.63) is 214 Å². The van der Waals surface area contributed by atoms with Crippen LogP contribution in [0, 0.1) is 5.41 Å². The summed E-state index contributed by atoms with van der Waals surface area (Å²) in [6, 6.07) is 40.7. The first kappa shape index (κ1) is 39.4. The number of hydrogen-bond donors (Lipinski definition) is 1. The third kappa shape index (κ3) is 11.6. The molecule has 264 valence electrons. The van der Waals surface area contributed by atoms with Crippen molar-refractivity contribution >= 4 is 59.3 Å². The Bertz CT molecular complexity index is 2320. The van der Waals surface area contributed by atoms with Gasteiger partial charge in [-0.2, -0.15) is 0 Å². The van der Waals surface area contributed by atoms with E-state index >= 15 is 0 Å². The summed E-state index contributed by atoms with van der Waals surface area (Å²) in [4.78, 5) is 4.48. The molecule has 0 spiro atoms. The zero-order chi connectivity index (χ0) is 37.8. The molecule has 0 heterocycles. The van der Waals surface area contributed by atoms with Gasteiger partial charge in [0.2, 0.25) is 0 Å². The molecule has 0 amide bonds. The lowest BCUT2D eigenvalue weighted by Gasteiger charge is -2.10. The molecule has 6 rings (SSSR count). The number of rotatable bonds is 9. The molecule has 0 aromatic heterocycles. The van der Waals surface area contributed by atoms with Gasteiger partial charge in [-0.15, -0.1) is 0 Å². The van der Waals surface area contributed by atoms with Crippen LogP contribution in [0.3, 0.4) is 0 Å². The van der Waals surface area contributed by atoms with E-state index in [2.05, 4.69) is 197 Å². The number of nitrogens with one attached hydrogen (secondary N) is 1. The smallest absolute Gasteiger partial charge is 0.0701 e. The lowest BCUT2D eigenvalue weighted by atomic mass is 9.96. The Balaban J connectivity index is 0.000000617. The van der Waals surface area contributed by atoms with Crippen LogP contribution in [-0.2, 0) is 6.42 Å². The van der Waals surface area contributed by atoms with Crippen LogP contribution in [-0.4, -0.2) is 13.4 Å². The van der Waals surface area contributed by atoms with E-state index < -0.39 is 0 Å². The van der Waals surface area contributed by atoms with Crippen molar-refractivity contribution in [2.45, 2.75) is 33.6 Å². The van der Waals surface area contributed by atoms with E-state index in [-0.39, 0.29) is 0 Å². The van der Waals surface area contributed by atoms with Gasteiger partial charge in [-0.1, -0.05) is 189 Å². The van der Waals surface area contributed by atoms with Crippen molar-refractivity contribution in [2.75, 3.05) is 0 Å². The molecule has 0 aliphatic heterocycles. The third-order valence-corrected chi connectivity index (χ3v) is 8.86. The van der Waals surface area contributed by atoms with Gasteiger partial charge in [0.25, 0.3) is 0 Å². The zero-order valence-corrected chi connectivity index (χ0v) is 31.3. The SMILES string of the molecule is C=C1C=CC=CC1.C=N.C=N\C(=C/C(=C\C=c1\cccc\c1=C\C=C\C)c1ccc(/C(C)=C/c2ccccc2CC)cc1)c1ccc2ccccc2c1. The number of nitrogens with zero attached hydrogens (tertiary/aromatic N) is 1. The lowest BCUT2D eigenvalue weighted by Crippen LogP contribution is -2.22. The predicted octanol–water partition coefficient (Wildman–Crippen LogP) is 12.2. The molecule has 53 heavy (non-hydrogen) atoms. The summed E-state index contributed by atoms with van der Waals surface area (Å²) < 4.78 is 0. The molecule has 1 aliphatic rings. The Labute approximate surface area is 316 Å². The number of aliphatic imine (C=N–C) groups is 1. The molecule has 5 aromatic rings. The second kappa shape index (κ2) is 21.1. The molecule has 0 unspecified atom stereocenters. The number of hydrogen-bond acceptors (Lipinski definition) is 2. The summed E-state index contributed by atoms with van der Waals surface area (Å²) in [5.41, 5.74) is 10.3. The van der Waals surface area contributed by atoms with Crippen LogP contribution >= 0.6 is 0 Å². The number of allylic oxidation sites excluding steroid dienone is 11. The first-order valence-corrected chi connectivity index (χ1v) is 18.0. The number of aryl methyl sites for hydroxylation is 1. The summed E-state index contributed by atoms with van der Waals surface area (Å²) in [6.45, 7) is 16.6. The van der Waals surface area contributed by atoms with Crippen molar-refractivity contribution in [1.82, 2.24) is 0 Å². The van der Waals surface area contributed by atoms with Crippen molar-refractivity contribution in [1.29, 1.82) is 5.41 Å². The minimum absolute atomic E-state index is 0.834. The van der Waals surface area contributed by atoms with E-state index in [1.165, 1.54) is 43.8 Å². The maximum Gasteiger partial charge on any atom is 0.0701 e. The van der Waals surface area contributed by atoms with E-state index in [1.807, 2.05) is 31.2 Å². The standard InChI is InChI=1S/C43H39N.C7H8.CH3N/c1-5-7-14-35-16-9-10-17-36(35)25-27-41(31-43(44-4)42-28-26-37-18-11-13-20-40(37)30-42)38-23-21-34(22-24-38)32(3)29-39-19-12-8-15-33(39)6-2;1-7-5-3-2-4-6-7;1-2/h5,7-31H,4,6H2,1-3H3;2-5H,1,6H2;2H,1H2/b7-5+,32-29+,35-14-,36-25-,41-27+,43-31-;;. The van der Waals surface area contributed by atoms with E-state index in [1.54, 1.807) is 0 Å². The minimum atomic E-state index is 0.834. The van der Waals surface area contributed by atoms with Crippen molar-refractivity contribution < 1.29 is 0 Å². The van der Waals surface area contributed by atoms with E-state index in [0.29, 0.717) is 0 Å². The molecule has 2 heteroatoms. The fourth-order valence-corrected chi connectivity index (χ4v) is 5.93. The summed E-state index contributed by atoms with van der Waals surface area (Å²) in [5, 5.41) is 10.2. The maximum atomic E-state index is 5.50.